The molecular weight excluding hydrogens is 154 g/mol. The molecule has 64 valence electrons. The summed E-state index contributed by atoms with van der Waals surface area (Å²) >= 11 is 0. The highest BCUT2D eigenvalue weighted by atomic mass is 16.5. The van der Waals surface area contributed by atoms with Crippen molar-refractivity contribution >= 4 is 5.97 Å². The molecule has 1 heterocycles. The van der Waals surface area contributed by atoms with E-state index in [1.54, 1.807) is 0 Å². The largest absolute Gasteiger partial charge is 0.461 e. The van der Waals surface area contributed by atoms with Crippen LogP contribution in [0, 0.1) is 0 Å². The van der Waals surface area contributed by atoms with Crippen molar-refractivity contribution in [2.75, 3.05) is 6.61 Å². The number of aromatic nitrogens is 1. The zero-order valence-electron chi connectivity index (χ0n) is 6.77. The molecule has 1 aromatic rings. The van der Waals surface area contributed by atoms with E-state index >= 15 is 0 Å². The van der Waals surface area contributed by atoms with Gasteiger partial charge in [0.15, 0.2) is 0 Å². The number of hydrogen-bond acceptors (Lipinski definition) is 2. The number of ether oxygens (including phenoxy) is 1. The molecule has 12 heavy (non-hydrogen) atoms. The first-order valence-electron chi connectivity index (χ1n) is 3.73. The lowest BCUT2D eigenvalue weighted by molar-refractivity contribution is -0.137. The molecular formula is C9H11NO2. The Balaban J connectivity index is 2.19. The Morgan fingerprint density at radius 3 is 2.75 bits per heavy atom. The highest BCUT2D eigenvalue weighted by molar-refractivity contribution is 5.81. The molecule has 0 aliphatic rings. The van der Waals surface area contributed by atoms with Crippen molar-refractivity contribution in [2.45, 2.75) is 6.54 Å². The number of hydrogen-bond donors (Lipinski definition) is 0. The van der Waals surface area contributed by atoms with Crippen LogP contribution in [0.3, 0.4) is 0 Å². The second-order valence-electron chi connectivity index (χ2n) is 2.29. The van der Waals surface area contributed by atoms with Crippen LogP contribution in [-0.2, 0) is 16.1 Å². The van der Waals surface area contributed by atoms with E-state index in [1.165, 1.54) is 0 Å². The minimum absolute atomic E-state index is 0.373. The van der Waals surface area contributed by atoms with Crippen LogP contribution in [0.2, 0.25) is 0 Å². The summed E-state index contributed by atoms with van der Waals surface area (Å²) in [6.07, 6.45) is 5.00. The monoisotopic (exact) mass is 165 g/mol. The molecule has 0 aliphatic carbocycles. The van der Waals surface area contributed by atoms with Gasteiger partial charge in [-0.15, -0.1) is 0 Å². The van der Waals surface area contributed by atoms with Crippen LogP contribution < -0.4 is 0 Å². The van der Waals surface area contributed by atoms with Crippen molar-refractivity contribution in [1.29, 1.82) is 0 Å². The normalized spacial score (nSPS) is 9.33. The molecule has 0 amide bonds. The minimum Gasteiger partial charge on any atom is -0.461 e. The quantitative estimate of drug-likeness (QED) is 0.496. The molecule has 3 nitrogen and oxygen atoms in total. The second kappa shape index (κ2) is 4.38. The molecule has 0 aliphatic heterocycles. The fourth-order valence-corrected chi connectivity index (χ4v) is 0.830. The molecule has 1 aromatic heterocycles. The van der Waals surface area contributed by atoms with Gasteiger partial charge in [0.2, 0.25) is 0 Å². The van der Waals surface area contributed by atoms with Crippen LogP contribution in [0.25, 0.3) is 0 Å². The maximum Gasteiger partial charge on any atom is 0.330 e. The minimum atomic E-state index is -0.373. The molecule has 0 unspecified atom stereocenters. The van der Waals surface area contributed by atoms with Crippen molar-refractivity contribution < 1.29 is 9.53 Å². The number of esters is 1. The Morgan fingerprint density at radius 2 is 2.17 bits per heavy atom. The average molecular weight is 165 g/mol. The molecule has 0 spiro atoms. The summed E-state index contributed by atoms with van der Waals surface area (Å²) in [5.41, 5.74) is 0. The van der Waals surface area contributed by atoms with E-state index < -0.39 is 0 Å². The summed E-state index contributed by atoms with van der Waals surface area (Å²) in [5.74, 6) is -0.373. The van der Waals surface area contributed by atoms with Crippen LogP contribution in [0.5, 0.6) is 0 Å². The lowest BCUT2D eigenvalue weighted by Gasteiger charge is -2.02. The van der Waals surface area contributed by atoms with Crippen molar-refractivity contribution in [3.05, 3.63) is 37.2 Å². The van der Waals surface area contributed by atoms with Crippen molar-refractivity contribution in [3.8, 4) is 0 Å². The van der Waals surface area contributed by atoms with Gasteiger partial charge in [0, 0.05) is 18.5 Å². The lowest BCUT2D eigenvalue weighted by atomic mass is 10.6. The molecule has 0 fully saturated rings. The Hall–Kier alpha value is -1.51. The van der Waals surface area contributed by atoms with Gasteiger partial charge in [-0.05, 0) is 12.1 Å². The Morgan fingerprint density at radius 1 is 1.50 bits per heavy atom. The number of nitrogens with zero attached hydrogens (tertiary/aromatic N) is 1. The predicted molar refractivity (Wildman–Crippen MR) is 45.6 cm³/mol. The zero-order valence-corrected chi connectivity index (χ0v) is 6.77. The Bertz CT molecular complexity index is 252. The Kier molecular flexibility index (Phi) is 3.14. The molecule has 0 aromatic carbocycles. The van der Waals surface area contributed by atoms with Gasteiger partial charge >= 0.3 is 5.97 Å². The van der Waals surface area contributed by atoms with E-state index in [4.69, 9.17) is 4.74 Å². The Labute approximate surface area is 71.3 Å². The smallest absolute Gasteiger partial charge is 0.330 e. The summed E-state index contributed by atoms with van der Waals surface area (Å²) in [4.78, 5) is 10.6. The average Bonchev–Trinajstić information content (AvgIpc) is 2.57. The molecule has 0 radical (unpaired) electrons. The SMILES string of the molecule is C=CC(=O)OCCn1cccc1. The zero-order chi connectivity index (χ0) is 8.81. The van der Waals surface area contributed by atoms with Crippen LogP contribution in [0.4, 0.5) is 0 Å². The number of carbonyl (C=O) groups is 1. The highest BCUT2D eigenvalue weighted by Gasteiger charge is 1.94. The molecule has 1 rings (SSSR count). The first-order chi connectivity index (χ1) is 5.83. The molecule has 3 heteroatoms. The summed E-state index contributed by atoms with van der Waals surface area (Å²) < 4.78 is 6.73. The lowest BCUT2D eigenvalue weighted by Crippen LogP contribution is -2.07. The van der Waals surface area contributed by atoms with Gasteiger partial charge in [0.25, 0.3) is 0 Å². The fourth-order valence-electron chi connectivity index (χ4n) is 0.830. The van der Waals surface area contributed by atoms with Gasteiger partial charge in [-0.3, -0.25) is 0 Å². The highest BCUT2D eigenvalue weighted by Crippen LogP contribution is 1.90. The van der Waals surface area contributed by atoms with Crippen molar-refractivity contribution in [1.82, 2.24) is 4.57 Å². The molecule has 0 saturated heterocycles. The second-order valence-corrected chi connectivity index (χ2v) is 2.29. The summed E-state index contributed by atoms with van der Waals surface area (Å²) in [5, 5.41) is 0. The predicted octanol–water partition coefficient (Wildman–Crippen LogP) is 1.22. The topological polar surface area (TPSA) is 31.2 Å². The van der Waals surface area contributed by atoms with Crippen molar-refractivity contribution in [2.24, 2.45) is 0 Å². The van der Waals surface area contributed by atoms with E-state index in [9.17, 15) is 4.79 Å². The van der Waals surface area contributed by atoms with Gasteiger partial charge in [0.1, 0.15) is 6.61 Å². The molecule has 0 bridgehead atoms. The summed E-state index contributed by atoms with van der Waals surface area (Å²) in [7, 11) is 0. The van der Waals surface area contributed by atoms with E-state index in [0.717, 1.165) is 6.08 Å². The van der Waals surface area contributed by atoms with Crippen LogP contribution in [0.1, 0.15) is 0 Å². The van der Waals surface area contributed by atoms with Gasteiger partial charge in [-0.1, -0.05) is 6.58 Å². The first-order valence-corrected chi connectivity index (χ1v) is 3.73. The third-order valence-corrected chi connectivity index (χ3v) is 1.43. The molecule has 0 N–H and O–H groups in total. The van der Waals surface area contributed by atoms with Crippen LogP contribution in [-0.4, -0.2) is 17.1 Å². The van der Waals surface area contributed by atoms with Gasteiger partial charge in [-0.2, -0.15) is 0 Å². The van der Waals surface area contributed by atoms with E-state index in [-0.39, 0.29) is 5.97 Å². The third-order valence-electron chi connectivity index (χ3n) is 1.43. The van der Waals surface area contributed by atoms with Crippen LogP contribution >= 0.6 is 0 Å². The maximum absolute atomic E-state index is 10.6. The summed E-state index contributed by atoms with van der Waals surface area (Å²) in [6, 6.07) is 3.85. The number of carbonyl (C=O) groups excluding carboxylic acids is 1. The van der Waals surface area contributed by atoms with E-state index in [0.29, 0.717) is 13.2 Å². The molecule has 0 saturated carbocycles. The van der Waals surface area contributed by atoms with Crippen molar-refractivity contribution in [3.63, 3.8) is 0 Å². The standard InChI is InChI=1S/C9H11NO2/c1-2-9(11)12-8-7-10-5-3-4-6-10/h2-6H,1,7-8H2. The van der Waals surface area contributed by atoms with Crippen LogP contribution in [0.15, 0.2) is 37.2 Å². The van der Waals surface area contributed by atoms with E-state index in [2.05, 4.69) is 6.58 Å². The van der Waals surface area contributed by atoms with Gasteiger partial charge in [-0.25, -0.2) is 4.79 Å². The summed E-state index contributed by atoms with van der Waals surface area (Å²) in [6.45, 7) is 4.37. The fraction of sp³-hybridized carbons (Fsp3) is 0.222. The number of rotatable bonds is 4. The molecule has 0 atom stereocenters. The van der Waals surface area contributed by atoms with Gasteiger partial charge < -0.3 is 9.30 Å². The maximum atomic E-state index is 10.6. The van der Waals surface area contributed by atoms with E-state index in [1.807, 2.05) is 29.1 Å². The first kappa shape index (κ1) is 8.59. The van der Waals surface area contributed by atoms with Gasteiger partial charge in [0.05, 0.1) is 6.54 Å². The third kappa shape index (κ3) is 2.62.